The van der Waals surface area contributed by atoms with Crippen LogP contribution in [0, 0.1) is 0 Å². The van der Waals surface area contributed by atoms with Gasteiger partial charge in [0.05, 0.1) is 14.2 Å². The highest BCUT2D eigenvalue weighted by atomic mass is 16.5. The van der Waals surface area contributed by atoms with Gasteiger partial charge in [0.25, 0.3) is 0 Å². The highest BCUT2D eigenvalue weighted by Crippen LogP contribution is 2.43. The van der Waals surface area contributed by atoms with Gasteiger partial charge in [0.15, 0.2) is 11.5 Å². The van der Waals surface area contributed by atoms with Crippen LogP contribution in [-0.2, 0) is 0 Å². The number of H-pyrrole nitrogens is 2. The third-order valence-corrected chi connectivity index (χ3v) is 3.98. The lowest BCUT2D eigenvalue weighted by atomic mass is 10.2. The average Bonchev–Trinajstić information content (AvgIpc) is 3.12. The first-order valence-corrected chi connectivity index (χ1v) is 7.13. The zero-order valence-corrected chi connectivity index (χ0v) is 12.4. The number of aromatic amines is 2. The maximum atomic E-state index is 5.64. The quantitative estimate of drug-likeness (QED) is 0.590. The Labute approximate surface area is 127 Å². The van der Waals surface area contributed by atoms with Crippen molar-refractivity contribution in [2.45, 2.75) is 0 Å². The average molecular weight is 292 g/mol. The molecule has 0 spiro atoms. The molecule has 0 aliphatic rings. The Hall–Kier alpha value is -2.88. The minimum Gasteiger partial charge on any atom is -0.494 e. The van der Waals surface area contributed by atoms with Gasteiger partial charge in [0, 0.05) is 21.8 Å². The van der Waals surface area contributed by atoms with Crippen molar-refractivity contribution in [3.63, 3.8) is 0 Å². The van der Waals surface area contributed by atoms with Crippen LogP contribution < -0.4 is 9.47 Å². The zero-order valence-electron chi connectivity index (χ0n) is 12.4. The molecular formula is C18H16N2O2. The molecule has 2 N–H and O–H groups in total. The number of para-hydroxylation sites is 2. The molecule has 0 amide bonds. The fourth-order valence-electron chi connectivity index (χ4n) is 3.01. The van der Waals surface area contributed by atoms with E-state index in [1.54, 1.807) is 14.2 Å². The molecule has 0 saturated heterocycles. The Morgan fingerprint density at radius 3 is 1.45 bits per heavy atom. The Kier molecular flexibility index (Phi) is 2.82. The maximum absolute atomic E-state index is 5.64. The van der Waals surface area contributed by atoms with Crippen molar-refractivity contribution < 1.29 is 9.47 Å². The van der Waals surface area contributed by atoms with Gasteiger partial charge in [0.1, 0.15) is 11.4 Å². The number of aromatic nitrogens is 2. The highest BCUT2D eigenvalue weighted by Gasteiger charge is 2.20. The fraction of sp³-hybridized carbons (Fsp3) is 0.111. The normalized spacial score (nSPS) is 11.2. The predicted octanol–water partition coefficient (Wildman–Crippen LogP) is 4.33. The summed E-state index contributed by atoms with van der Waals surface area (Å²) in [5.41, 5.74) is 3.87. The summed E-state index contributed by atoms with van der Waals surface area (Å²) in [7, 11) is 3.38. The molecule has 2 aromatic heterocycles. The van der Waals surface area contributed by atoms with Crippen LogP contribution in [0.1, 0.15) is 0 Å². The van der Waals surface area contributed by atoms with E-state index in [1.807, 2.05) is 48.5 Å². The smallest absolute Gasteiger partial charge is 0.153 e. The van der Waals surface area contributed by atoms with Crippen LogP contribution in [0.4, 0.5) is 0 Å². The van der Waals surface area contributed by atoms with Gasteiger partial charge in [-0.15, -0.1) is 0 Å². The van der Waals surface area contributed by atoms with Gasteiger partial charge in [-0.3, -0.25) is 0 Å². The SMILES string of the molecule is COc1c(-c2[nH]c3ccccc3c2OC)[nH]c2ccccc12. The molecule has 0 saturated carbocycles. The van der Waals surface area contributed by atoms with Crippen LogP contribution in [0.15, 0.2) is 48.5 Å². The van der Waals surface area contributed by atoms with Crippen LogP contribution in [0.3, 0.4) is 0 Å². The van der Waals surface area contributed by atoms with Crippen molar-refractivity contribution in [3.8, 4) is 22.9 Å². The lowest BCUT2D eigenvalue weighted by Gasteiger charge is -2.04. The number of rotatable bonds is 3. The van der Waals surface area contributed by atoms with E-state index in [4.69, 9.17) is 9.47 Å². The summed E-state index contributed by atoms with van der Waals surface area (Å²) in [6.45, 7) is 0. The molecule has 0 aliphatic carbocycles. The van der Waals surface area contributed by atoms with Crippen molar-refractivity contribution in [2.24, 2.45) is 0 Å². The highest BCUT2D eigenvalue weighted by molar-refractivity contribution is 5.99. The summed E-state index contributed by atoms with van der Waals surface area (Å²) in [5.74, 6) is 1.64. The molecule has 0 unspecified atom stereocenters. The number of nitrogens with one attached hydrogen (secondary N) is 2. The minimum atomic E-state index is 0.820. The van der Waals surface area contributed by atoms with Crippen LogP contribution in [0.25, 0.3) is 33.2 Å². The summed E-state index contributed by atoms with van der Waals surface area (Å²) in [4.78, 5) is 6.86. The predicted molar refractivity (Wildman–Crippen MR) is 88.7 cm³/mol. The van der Waals surface area contributed by atoms with Crippen LogP contribution >= 0.6 is 0 Å². The largest absolute Gasteiger partial charge is 0.494 e. The van der Waals surface area contributed by atoms with Gasteiger partial charge >= 0.3 is 0 Å². The molecule has 4 heteroatoms. The van der Waals surface area contributed by atoms with Crippen LogP contribution in [0.5, 0.6) is 11.5 Å². The van der Waals surface area contributed by atoms with E-state index in [2.05, 4.69) is 9.97 Å². The van der Waals surface area contributed by atoms with Crippen LogP contribution in [-0.4, -0.2) is 24.2 Å². The van der Waals surface area contributed by atoms with Gasteiger partial charge in [-0.2, -0.15) is 0 Å². The number of hydrogen-bond acceptors (Lipinski definition) is 2. The second-order valence-electron chi connectivity index (χ2n) is 5.16. The van der Waals surface area contributed by atoms with Crippen molar-refractivity contribution >= 4 is 21.8 Å². The van der Waals surface area contributed by atoms with Crippen molar-refractivity contribution in [1.82, 2.24) is 9.97 Å². The van der Waals surface area contributed by atoms with Crippen molar-refractivity contribution in [1.29, 1.82) is 0 Å². The Morgan fingerprint density at radius 1 is 0.636 bits per heavy atom. The molecule has 0 radical (unpaired) electrons. The number of fused-ring (bicyclic) bond motifs is 2. The lowest BCUT2D eigenvalue weighted by molar-refractivity contribution is 0.415. The monoisotopic (exact) mass is 292 g/mol. The number of methoxy groups -OCH3 is 2. The first-order chi connectivity index (χ1) is 10.8. The van der Waals surface area contributed by atoms with Crippen molar-refractivity contribution in [2.75, 3.05) is 14.2 Å². The van der Waals surface area contributed by atoms with E-state index in [9.17, 15) is 0 Å². The second kappa shape index (κ2) is 4.84. The zero-order chi connectivity index (χ0) is 15.1. The molecule has 4 nitrogen and oxygen atoms in total. The molecule has 22 heavy (non-hydrogen) atoms. The van der Waals surface area contributed by atoms with Gasteiger partial charge in [0.2, 0.25) is 0 Å². The number of ether oxygens (including phenoxy) is 2. The van der Waals surface area contributed by atoms with E-state index in [-0.39, 0.29) is 0 Å². The number of hydrogen-bond donors (Lipinski definition) is 2. The standard InChI is InChI=1S/C18H16N2O2/c1-21-17-11-7-3-5-9-13(11)19-15(17)16-18(22-2)12-8-4-6-10-14(12)20-16/h3-10,19-20H,1-2H3. The third kappa shape index (κ3) is 1.70. The molecule has 2 heterocycles. The molecule has 0 aliphatic heterocycles. The summed E-state index contributed by atoms with van der Waals surface area (Å²) < 4.78 is 11.3. The van der Waals surface area contributed by atoms with Gasteiger partial charge in [-0.1, -0.05) is 24.3 Å². The lowest BCUT2D eigenvalue weighted by Crippen LogP contribution is -1.89. The van der Waals surface area contributed by atoms with Gasteiger partial charge in [-0.25, -0.2) is 0 Å². The Bertz CT molecular complexity index is 886. The number of benzene rings is 2. The van der Waals surface area contributed by atoms with Crippen molar-refractivity contribution in [3.05, 3.63) is 48.5 Å². The summed E-state index contributed by atoms with van der Waals surface area (Å²) in [6.07, 6.45) is 0. The molecule has 4 aromatic rings. The van der Waals surface area contributed by atoms with E-state index in [0.29, 0.717) is 0 Å². The van der Waals surface area contributed by atoms with E-state index < -0.39 is 0 Å². The minimum absolute atomic E-state index is 0.820. The van der Waals surface area contributed by atoms with E-state index in [0.717, 1.165) is 44.7 Å². The fourth-order valence-corrected chi connectivity index (χ4v) is 3.01. The molecule has 0 fully saturated rings. The Morgan fingerprint density at radius 2 is 1.05 bits per heavy atom. The summed E-state index contributed by atoms with van der Waals surface area (Å²) in [5, 5.41) is 2.11. The summed E-state index contributed by atoms with van der Waals surface area (Å²) >= 11 is 0. The maximum Gasteiger partial charge on any atom is 0.153 e. The molecule has 4 rings (SSSR count). The second-order valence-corrected chi connectivity index (χ2v) is 5.16. The Balaban J connectivity index is 2.07. The molecule has 2 aromatic carbocycles. The molecule has 0 atom stereocenters. The first-order valence-electron chi connectivity index (χ1n) is 7.13. The molecule has 110 valence electrons. The van der Waals surface area contributed by atoms with Gasteiger partial charge < -0.3 is 19.4 Å². The third-order valence-electron chi connectivity index (χ3n) is 3.98. The summed E-state index contributed by atoms with van der Waals surface area (Å²) in [6, 6.07) is 16.2. The molecule has 0 bridgehead atoms. The van der Waals surface area contributed by atoms with E-state index in [1.165, 1.54) is 0 Å². The van der Waals surface area contributed by atoms with Crippen LogP contribution in [0.2, 0.25) is 0 Å². The first kappa shape index (κ1) is 12.8. The topological polar surface area (TPSA) is 50.0 Å². The van der Waals surface area contributed by atoms with Gasteiger partial charge in [-0.05, 0) is 24.3 Å². The van der Waals surface area contributed by atoms with E-state index >= 15 is 0 Å². The molecular weight excluding hydrogens is 276 g/mol.